The number of likely N-dealkylation sites (N-methyl/N-ethyl adjacent to an activating group) is 1. The molecule has 1 aromatic heterocycles. The smallest absolute Gasteiger partial charge is 0.157 e. The first-order chi connectivity index (χ1) is 8.04. The molecular formula is C11H20ClN5. The number of nitrogens with one attached hydrogen (secondary N) is 1. The van der Waals surface area contributed by atoms with Crippen LogP contribution in [0, 0.1) is 0 Å². The highest BCUT2D eigenvalue weighted by molar-refractivity contribution is 6.32. The summed E-state index contributed by atoms with van der Waals surface area (Å²) in [5.41, 5.74) is 6.25. The van der Waals surface area contributed by atoms with Gasteiger partial charge in [-0.1, -0.05) is 18.5 Å². The average Bonchev–Trinajstić information content (AvgIpc) is 2.24. The lowest BCUT2D eigenvalue weighted by molar-refractivity contribution is 0.425. The molecule has 17 heavy (non-hydrogen) atoms. The van der Waals surface area contributed by atoms with E-state index in [2.05, 4.69) is 27.1 Å². The first kappa shape index (κ1) is 14.0. The van der Waals surface area contributed by atoms with E-state index < -0.39 is 0 Å². The van der Waals surface area contributed by atoms with Crippen molar-refractivity contribution in [2.24, 2.45) is 0 Å². The van der Waals surface area contributed by atoms with Gasteiger partial charge in [-0.3, -0.25) is 0 Å². The molecule has 96 valence electrons. The molecule has 5 nitrogen and oxygen atoms in total. The van der Waals surface area contributed by atoms with Crippen LogP contribution in [-0.2, 0) is 6.42 Å². The van der Waals surface area contributed by atoms with E-state index in [1.807, 2.05) is 14.1 Å². The van der Waals surface area contributed by atoms with E-state index in [9.17, 15) is 0 Å². The molecule has 0 aliphatic heterocycles. The van der Waals surface area contributed by atoms with Gasteiger partial charge in [0.1, 0.15) is 11.5 Å². The quantitative estimate of drug-likeness (QED) is 0.759. The fraction of sp³-hybridized carbons (Fsp3) is 0.636. The normalized spacial score (nSPS) is 10.9. The monoisotopic (exact) mass is 257 g/mol. The third-order valence-corrected chi connectivity index (χ3v) is 2.56. The second-order valence-corrected chi connectivity index (χ2v) is 4.53. The van der Waals surface area contributed by atoms with Crippen LogP contribution >= 0.6 is 11.6 Å². The van der Waals surface area contributed by atoms with Crippen LogP contribution in [0.1, 0.15) is 19.2 Å². The summed E-state index contributed by atoms with van der Waals surface area (Å²) in [5, 5.41) is 3.51. The summed E-state index contributed by atoms with van der Waals surface area (Å²) >= 11 is 5.97. The SMILES string of the molecule is CCCc1nc(Cl)c(N)c(NCCN(C)C)n1. The molecule has 1 aromatic rings. The molecule has 3 N–H and O–H groups in total. The molecule has 0 radical (unpaired) electrons. The summed E-state index contributed by atoms with van der Waals surface area (Å²) < 4.78 is 0. The summed E-state index contributed by atoms with van der Waals surface area (Å²) in [5.74, 6) is 1.37. The molecule has 0 aliphatic carbocycles. The molecule has 1 rings (SSSR count). The minimum absolute atomic E-state index is 0.329. The minimum atomic E-state index is 0.329. The number of nitrogens with two attached hydrogens (primary N) is 1. The van der Waals surface area contributed by atoms with Gasteiger partial charge in [-0.05, 0) is 20.5 Å². The van der Waals surface area contributed by atoms with Gasteiger partial charge in [0.05, 0.1) is 0 Å². The Hall–Kier alpha value is -1.07. The van der Waals surface area contributed by atoms with Crippen LogP contribution in [0.4, 0.5) is 11.5 Å². The number of anilines is 2. The van der Waals surface area contributed by atoms with Gasteiger partial charge >= 0.3 is 0 Å². The second-order valence-electron chi connectivity index (χ2n) is 4.17. The van der Waals surface area contributed by atoms with Gasteiger partial charge in [-0.15, -0.1) is 0 Å². The Kier molecular flexibility index (Phi) is 5.44. The Morgan fingerprint density at radius 1 is 1.35 bits per heavy atom. The van der Waals surface area contributed by atoms with E-state index in [0.717, 1.165) is 31.8 Å². The highest BCUT2D eigenvalue weighted by atomic mass is 35.5. The van der Waals surface area contributed by atoms with E-state index in [-0.39, 0.29) is 0 Å². The van der Waals surface area contributed by atoms with Crippen LogP contribution in [0.25, 0.3) is 0 Å². The van der Waals surface area contributed by atoms with Crippen molar-refractivity contribution in [3.63, 3.8) is 0 Å². The number of halogens is 1. The van der Waals surface area contributed by atoms with Crippen molar-refractivity contribution in [2.45, 2.75) is 19.8 Å². The van der Waals surface area contributed by atoms with Crippen LogP contribution in [0.15, 0.2) is 0 Å². The lowest BCUT2D eigenvalue weighted by atomic mass is 10.3. The summed E-state index contributed by atoms with van der Waals surface area (Å²) in [6.07, 6.45) is 1.79. The molecular weight excluding hydrogens is 238 g/mol. The van der Waals surface area contributed by atoms with Crippen molar-refractivity contribution in [1.29, 1.82) is 0 Å². The molecule has 0 fully saturated rings. The summed E-state index contributed by atoms with van der Waals surface area (Å²) in [7, 11) is 4.03. The maximum Gasteiger partial charge on any atom is 0.157 e. The second kappa shape index (κ2) is 6.61. The van der Waals surface area contributed by atoms with Crippen LogP contribution in [0.2, 0.25) is 5.15 Å². The Labute approximate surface area is 107 Å². The van der Waals surface area contributed by atoms with E-state index in [1.165, 1.54) is 0 Å². The first-order valence-electron chi connectivity index (χ1n) is 5.75. The van der Waals surface area contributed by atoms with Crippen LogP contribution < -0.4 is 11.1 Å². The van der Waals surface area contributed by atoms with Gasteiger partial charge in [-0.2, -0.15) is 0 Å². The van der Waals surface area contributed by atoms with Crippen molar-refractivity contribution in [3.8, 4) is 0 Å². The highest BCUT2D eigenvalue weighted by Gasteiger charge is 2.09. The van der Waals surface area contributed by atoms with E-state index in [4.69, 9.17) is 17.3 Å². The highest BCUT2D eigenvalue weighted by Crippen LogP contribution is 2.23. The lowest BCUT2D eigenvalue weighted by Gasteiger charge is -2.13. The van der Waals surface area contributed by atoms with Crippen LogP contribution in [-0.4, -0.2) is 42.1 Å². The van der Waals surface area contributed by atoms with Crippen molar-refractivity contribution in [1.82, 2.24) is 14.9 Å². The lowest BCUT2D eigenvalue weighted by Crippen LogP contribution is -2.22. The molecule has 0 aliphatic rings. The zero-order valence-corrected chi connectivity index (χ0v) is 11.4. The molecule has 0 aromatic carbocycles. The largest absolute Gasteiger partial charge is 0.393 e. The number of rotatable bonds is 6. The number of nitrogen functional groups attached to an aromatic ring is 1. The third-order valence-electron chi connectivity index (χ3n) is 2.27. The van der Waals surface area contributed by atoms with Crippen molar-refractivity contribution in [3.05, 3.63) is 11.0 Å². The first-order valence-corrected chi connectivity index (χ1v) is 6.12. The molecule has 0 saturated heterocycles. The summed E-state index contributed by atoms with van der Waals surface area (Å²) in [4.78, 5) is 10.6. The van der Waals surface area contributed by atoms with Gasteiger partial charge in [-0.25, -0.2) is 9.97 Å². The summed E-state index contributed by atoms with van der Waals surface area (Å²) in [6, 6.07) is 0. The van der Waals surface area contributed by atoms with Crippen molar-refractivity contribution < 1.29 is 0 Å². The zero-order chi connectivity index (χ0) is 12.8. The molecule has 0 amide bonds. The number of hydrogen-bond donors (Lipinski definition) is 2. The standard InChI is InChI=1S/C11H20ClN5/c1-4-5-8-15-10(12)9(13)11(16-8)14-6-7-17(2)3/h4-7,13H2,1-3H3,(H,14,15,16). The zero-order valence-electron chi connectivity index (χ0n) is 10.6. The van der Waals surface area contributed by atoms with Crippen LogP contribution in [0.5, 0.6) is 0 Å². The number of nitrogens with zero attached hydrogens (tertiary/aromatic N) is 3. The topological polar surface area (TPSA) is 67.1 Å². The molecule has 0 spiro atoms. The molecule has 0 atom stereocenters. The number of aromatic nitrogens is 2. The Balaban J connectivity index is 2.75. The fourth-order valence-corrected chi connectivity index (χ4v) is 1.54. The van der Waals surface area contributed by atoms with E-state index >= 15 is 0 Å². The Morgan fingerprint density at radius 3 is 2.65 bits per heavy atom. The molecule has 6 heteroatoms. The Bertz CT molecular complexity index is 367. The van der Waals surface area contributed by atoms with Gasteiger partial charge in [0.25, 0.3) is 0 Å². The van der Waals surface area contributed by atoms with Gasteiger partial charge < -0.3 is 16.0 Å². The number of hydrogen-bond acceptors (Lipinski definition) is 5. The predicted octanol–water partition coefficient (Wildman–Crippen LogP) is 1.64. The number of aryl methyl sites for hydroxylation is 1. The molecule has 0 unspecified atom stereocenters. The van der Waals surface area contributed by atoms with Crippen LogP contribution in [0.3, 0.4) is 0 Å². The fourth-order valence-electron chi connectivity index (χ4n) is 1.35. The average molecular weight is 258 g/mol. The van der Waals surface area contributed by atoms with Gasteiger partial charge in [0.2, 0.25) is 0 Å². The predicted molar refractivity (Wildman–Crippen MR) is 72.5 cm³/mol. The van der Waals surface area contributed by atoms with Gasteiger partial charge in [0.15, 0.2) is 11.0 Å². The van der Waals surface area contributed by atoms with E-state index in [1.54, 1.807) is 0 Å². The van der Waals surface area contributed by atoms with Gasteiger partial charge in [0, 0.05) is 19.5 Å². The molecule has 0 bridgehead atoms. The molecule has 1 heterocycles. The van der Waals surface area contributed by atoms with E-state index in [0.29, 0.717) is 16.7 Å². The third kappa shape index (κ3) is 4.36. The van der Waals surface area contributed by atoms with Crippen molar-refractivity contribution in [2.75, 3.05) is 38.2 Å². The molecule has 0 saturated carbocycles. The maximum absolute atomic E-state index is 5.97. The van der Waals surface area contributed by atoms with Crippen molar-refractivity contribution >= 4 is 23.1 Å². The Morgan fingerprint density at radius 2 is 2.06 bits per heavy atom. The summed E-state index contributed by atoms with van der Waals surface area (Å²) in [6.45, 7) is 3.76. The maximum atomic E-state index is 5.97. The minimum Gasteiger partial charge on any atom is -0.393 e.